The number of unbranched alkanes of at least 4 members (excludes halogenated alkanes) is 1. The van der Waals surface area contributed by atoms with Crippen molar-refractivity contribution < 1.29 is 0 Å². The second-order valence-electron chi connectivity index (χ2n) is 5.00. The average Bonchev–Trinajstić information content (AvgIpc) is 2.76. The molecule has 1 N–H and O–H groups in total. The Bertz CT molecular complexity index is 375. The van der Waals surface area contributed by atoms with Gasteiger partial charge >= 0.3 is 0 Å². The van der Waals surface area contributed by atoms with Crippen LogP contribution < -0.4 is 5.32 Å². The Hall–Kier alpha value is -0.500. The lowest BCUT2D eigenvalue weighted by molar-refractivity contribution is 0.389. The van der Waals surface area contributed by atoms with Crippen LogP contribution in [0.25, 0.3) is 0 Å². The molecule has 0 saturated heterocycles. The van der Waals surface area contributed by atoms with Gasteiger partial charge in [0.25, 0.3) is 0 Å². The number of para-hydroxylation sites is 1. The van der Waals surface area contributed by atoms with Gasteiger partial charge in [-0.05, 0) is 39.9 Å². The molecule has 2 atom stereocenters. The number of fused-ring (bicyclic) bond motifs is 1. The average molecular weight is 296 g/mol. The Balaban J connectivity index is 2.17. The Kier molecular flexibility index (Phi) is 4.49. The Morgan fingerprint density at radius 1 is 1.41 bits per heavy atom. The van der Waals surface area contributed by atoms with Crippen LogP contribution in [0.3, 0.4) is 0 Å². The number of halogens is 1. The van der Waals surface area contributed by atoms with Crippen molar-refractivity contribution in [2.24, 2.45) is 5.92 Å². The van der Waals surface area contributed by atoms with Gasteiger partial charge in [-0.15, -0.1) is 0 Å². The number of anilines is 1. The molecule has 0 aliphatic carbocycles. The highest BCUT2D eigenvalue weighted by atomic mass is 79.9. The second kappa shape index (κ2) is 5.90. The molecule has 0 aromatic heterocycles. The van der Waals surface area contributed by atoms with Gasteiger partial charge in [0.1, 0.15) is 0 Å². The zero-order chi connectivity index (χ0) is 12.3. The summed E-state index contributed by atoms with van der Waals surface area (Å²) < 4.78 is 1.21. The maximum Gasteiger partial charge on any atom is 0.0521 e. The first-order valence-corrected chi connectivity index (χ1v) is 7.59. The zero-order valence-electron chi connectivity index (χ0n) is 10.8. The van der Waals surface area contributed by atoms with Crippen LogP contribution in [0.1, 0.15) is 51.0 Å². The maximum atomic E-state index is 3.64. The number of hydrogen-bond donors (Lipinski definition) is 1. The van der Waals surface area contributed by atoms with Gasteiger partial charge in [0.05, 0.1) is 5.69 Å². The lowest BCUT2D eigenvalue weighted by Gasteiger charge is -2.22. The van der Waals surface area contributed by atoms with Crippen LogP contribution in [-0.2, 0) is 0 Å². The molecule has 0 fully saturated rings. The van der Waals surface area contributed by atoms with Crippen LogP contribution in [0, 0.1) is 5.92 Å². The molecule has 1 aromatic carbocycles. The number of rotatable bonds is 5. The van der Waals surface area contributed by atoms with Crippen molar-refractivity contribution >= 4 is 21.6 Å². The van der Waals surface area contributed by atoms with E-state index in [-0.39, 0.29) is 0 Å². The van der Waals surface area contributed by atoms with Gasteiger partial charge in [-0.2, -0.15) is 0 Å². The molecule has 0 spiro atoms. The first kappa shape index (κ1) is 12.9. The minimum absolute atomic E-state index is 0.707. The molecule has 0 saturated carbocycles. The minimum atomic E-state index is 0.707. The number of benzene rings is 1. The first-order chi connectivity index (χ1) is 8.27. The van der Waals surface area contributed by atoms with Gasteiger partial charge in [-0.3, -0.25) is 0 Å². The van der Waals surface area contributed by atoms with Gasteiger partial charge in [0, 0.05) is 16.9 Å². The van der Waals surface area contributed by atoms with Gasteiger partial charge in [-0.1, -0.05) is 45.2 Å². The molecule has 17 heavy (non-hydrogen) atoms. The van der Waals surface area contributed by atoms with Crippen molar-refractivity contribution in [3.63, 3.8) is 0 Å². The molecule has 2 heteroatoms. The standard InChI is InChI=1S/C15H22BrN/c1-3-5-7-11(4-2)13-10-17-15-12(13)8-6-9-14(15)16/h6,8-9,11,13,17H,3-5,7,10H2,1-2H3. The lowest BCUT2D eigenvalue weighted by atomic mass is 9.82. The van der Waals surface area contributed by atoms with E-state index in [4.69, 9.17) is 0 Å². The van der Waals surface area contributed by atoms with Crippen LogP contribution in [0.4, 0.5) is 5.69 Å². The molecule has 94 valence electrons. The summed E-state index contributed by atoms with van der Waals surface area (Å²) in [6, 6.07) is 6.58. The van der Waals surface area contributed by atoms with Gasteiger partial charge in [-0.25, -0.2) is 0 Å². The molecular formula is C15H22BrN. The summed E-state index contributed by atoms with van der Waals surface area (Å²) in [4.78, 5) is 0. The van der Waals surface area contributed by atoms with E-state index in [1.54, 1.807) is 0 Å². The van der Waals surface area contributed by atoms with Crippen molar-refractivity contribution in [2.75, 3.05) is 11.9 Å². The number of hydrogen-bond acceptors (Lipinski definition) is 1. The van der Waals surface area contributed by atoms with Gasteiger partial charge < -0.3 is 5.32 Å². The summed E-state index contributed by atoms with van der Waals surface area (Å²) in [5.41, 5.74) is 2.84. The van der Waals surface area contributed by atoms with Crippen molar-refractivity contribution in [3.05, 3.63) is 28.2 Å². The predicted octanol–water partition coefficient (Wildman–Crippen LogP) is 5.17. The smallest absolute Gasteiger partial charge is 0.0521 e. The third-order valence-electron chi connectivity index (χ3n) is 3.97. The van der Waals surface area contributed by atoms with Gasteiger partial charge in [0.15, 0.2) is 0 Å². The van der Waals surface area contributed by atoms with E-state index in [0.717, 1.165) is 12.5 Å². The Morgan fingerprint density at radius 3 is 2.94 bits per heavy atom. The molecule has 1 nitrogen and oxygen atoms in total. The quantitative estimate of drug-likeness (QED) is 0.790. The third-order valence-corrected chi connectivity index (χ3v) is 4.63. The van der Waals surface area contributed by atoms with E-state index in [2.05, 4.69) is 53.3 Å². The van der Waals surface area contributed by atoms with Crippen LogP contribution in [0.2, 0.25) is 0 Å². The van der Waals surface area contributed by atoms with E-state index in [1.807, 2.05) is 0 Å². The highest BCUT2D eigenvalue weighted by Crippen LogP contribution is 2.42. The molecule has 1 heterocycles. The Morgan fingerprint density at radius 2 is 2.24 bits per heavy atom. The Labute approximate surface area is 113 Å². The van der Waals surface area contributed by atoms with Crippen molar-refractivity contribution in [1.82, 2.24) is 0 Å². The fraction of sp³-hybridized carbons (Fsp3) is 0.600. The topological polar surface area (TPSA) is 12.0 Å². The highest BCUT2D eigenvalue weighted by molar-refractivity contribution is 9.10. The highest BCUT2D eigenvalue weighted by Gasteiger charge is 2.29. The summed E-state index contributed by atoms with van der Waals surface area (Å²) in [6.07, 6.45) is 5.32. The largest absolute Gasteiger partial charge is 0.383 e. The SMILES string of the molecule is CCCCC(CC)C1CNc2c(Br)cccc21. The van der Waals surface area contributed by atoms with Crippen LogP contribution in [0.15, 0.2) is 22.7 Å². The van der Waals surface area contributed by atoms with E-state index in [9.17, 15) is 0 Å². The molecule has 2 rings (SSSR count). The van der Waals surface area contributed by atoms with Gasteiger partial charge in [0.2, 0.25) is 0 Å². The van der Waals surface area contributed by atoms with E-state index in [1.165, 1.54) is 41.4 Å². The van der Waals surface area contributed by atoms with E-state index < -0.39 is 0 Å². The van der Waals surface area contributed by atoms with E-state index >= 15 is 0 Å². The fourth-order valence-electron chi connectivity index (χ4n) is 2.94. The third kappa shape index (κ3) is 2.67. The molecule has 1 aliphatic heterocycles. The maximum absolute atomic E-state index is 3.64. The van der Waals surface area contributed by atoms with Crippen molar-refractivity contribution in [3.8, 4) is 0 Å². The lowest BCUT2D eigenvalue weighted by Crippen LogP contribution is -2.14. The zero-order valence-corrected chi connectivity index (χ0v) is 12.4. The summed E-state index contributed by atoms with van der Waals surface area (Å²) in [5.74, 6) is 1.54. The molecule has 0 bridgehead atoms. The molecule has 1 aromatic rings. The molecule has 0 radical (unpaired) electrons. The monoisotopic (exact) mass is 295 g/mol. The summed E-state index contributed by atoms with van der Waals surface area (Å²) in [6.45, 7) is 5.72. The summed E-state index contributed by atoms with van der Waals surface area (Å²) in [7, 11) is 0. The normalized spacial score (nSPS) is 19.8. The van der Waals surface area contributed by atoms with Crippen LogP contribution >= 0.6 is 15.9 Å². The summed E-state index contributed by atoms with van der Waals surface area (Å²) >= 11 is 3.64. The van der Waals surface area contributed by atoms with E-state index in [0.29, 0.717) is 5.92 Å². The predicted molar refractivity (Wildman–Crippen MR) is 78.7 cm³/mol. The van der Waals surface area contributed by atoms with Crippen molar-refractivity contribution in [2.45, 2.75) is 45.4 Å². The molecular weight excluding hydrogens is 274 g/mol. The van der Waals surface area contributed by atoms with Crippen LogP contribution in [0.5, 0.6) is 0 Å². The minimum Gasteiger partial charge on any atom is -0.383 e. The first-order valence-electron chi connectivity index (χ1n) is 6.80. The van der Waals surface area contributed by atoms with Crippen molar-refractivity contribution in [1.29, 1.82) is 0 Å². The second-order valence-corrected chi connectivity index (χ2v) is 5.86. The van der Waals surface area contributed by atoms with Crippen LogP contribution in [-0.4, -0.2) is 6.54 Å². The molecule has 2 unspecified atom stereocenters. The summed E-state index contributed by atoms with van der Waals surface area (Å²) in [5, 5.41) is 3.56. The fourth-order valence-corrected chi connectivity index (χ4v) is 3.46. The number of nitrogens with one attached hydrogen (secondary N) is 1. The molecule has 1 aliphatic rings. The molecule has 0 amide bonds.